The number of carbonyl (C=O) groups excluding carboxylic acids is 1. The largest absolute Gasteiger partial charge is 0.366 e. The first-order valence-corrected chi connectivity index (χ1v) is 4.42. The molecule has 12 heavy (non-hydrogen) atoms. The van der Waals surface area contributed by atoms with Gasteiger partial charge in [-0.15, -0.1) is 0 Å². The minimum atomic E-state index is -0.237. The summed E-state index contributed by atoms with van der Waals surface area (Å²) in [5, 5.41) is 3.25. The van der Waals surface area contributed by atoms with Gasteiger partial charge in [-0.3, -0.25) is 4.79 Å². The Morgan fingerprint density at radius 1 is 1.67 bits per heavy atom. The number of hydrogen-bond acceptors (Lipinski definition) is 3. The Labute approximate surface area is 71.9 Å². The molecule has 2 aliphatic rings. The average molecular weight is 170 g/mol. The molecule has 2 atom stereocenters. The molecule has 0 aromatic heterocycles. The Morgan fingerprint density at radius 3 is 3.33 bits per heavy atom. The highest BCUT2D eigenvalue weighted by atomic mass is 16.5. The maximum Gasteiger partial charge on any atom is 0.251 e. The van der Waals surface area contributed by atoms with Gasteiger partial charge >= 0.3 is 0 Å². The summed E-state index contributed by atoms with van der Waals surface area (Å²) in [6, 6.07) is 0.266. The Kier molecular flexibility index (Phi) is 2.02. The molecule has 4 nitrogen and oxygen atoms in total. The Bertz CT molecular complexity index is 195. The third kappa shape index (κ3) is 1.21. The molecule has 2 saturated heterocycles. The van der Waals surface area contributed by atoms with Crippen LogP contribution < -0.4 is 5.32 Å². The number of rotatable bonds is 0. The lowest BCUT2D eigenvalue weighted by Gasteiger charge is -2.41. The Balaban J connectivity index is 2.08. The van der Waals surface area contributed by atoms with E-state index in [1.54, 1.807) is 0 Å². The molecule has 0 aliphatic carbocycles. The van der Waals surface area contributed by atoms with Gasteiger partial charge in [0.15, 0.2) is 0 Å². The molecule has 1 N–H and O–H groups in total. The minimum absolute atomic E-state index is 0.146. The molecule has 0 radical (unpaired) electrons. The summed E-state index contributed by atoms with van der Waals surface area (Å²) in [6.07, 6.45) is -0.237. The molecule has 4 heteroatoms. The van der Waals surface area contributed by atoms with E-state index in [9.17, 15) is 4.79 Å². The van der Waals surface area contributed by atoms with Gasteiger partial charge < -0.3 is 15.0 Å². The molecule has 0 saturated carbocycles. The number of nitrogens with one attached hydrogen (secondary N) is 1. The Hall–Kier alpha value is -0.610. The molecule has 0 bridgehead atoms. The zero-order valence-corrected chi connectivity index (χ0v) is 7.25. The maximum atomic E-state index is 11.5. The van der Waals surface area contributed by atoms with Crippen molar-refractivity contribution in [1.82, 2.24) is 10.2 Å². The van der Waals surface area contributed by atoms with E-state index in [2.05, 4.69) is 5.32 Å². The van der Waals surface area contributed by atoms with E-state index in [4.69, 9.17) is 4.74 Å². The van der Waals surface area contributed by atoms with Crippen LogP contribution in [0.1, 0.15) is 6.92 Å². The number of hydrogen-bond donors (Lipinski definition) is 1. The quantitative estimate of drug-likeness (QED) is 0.518. The summed E-state index contributed by atoms with van der Waals surface area (Å²) < 4.78 is 5.33. The second-order valence-electron chi connectivity index (χ2n) is 3.37. The fourth-order valence-corrected chi connectivity index (χ4v) is 1.76. The maximum absolute atomic E-state index is 11.5. The molecule has 2 rings (SSSR count). The van der Waals surface area contributed by atoms with E-state index in [1.165, 1.54) is 0 Å². The van der Waals surface area contributed by atoms with Crippen molar-refractivity contribution in [2.45, 2.75) is 19.1 Å². The second kappa shape index (κ2) is 3.03. The van der Waals surface area contributed by atoms with Crippen molar-refractivity contribution in [2.75, 3.05) is 26.2 Å². The fraction of sp³-hybridized carbons (Fsp3) is 0.875. The number of carbonyl (C=O) groups is 1. The van der Waals surface area contributed by atoms with Crippen LogP contribution in [0.5, 0.6) is 0 Å². The predicted octanol–water partition coefficient (Wildman–Crippen LogP) is -0.794. The number of nitrogens with zero attached hydrogens (tertiary/aromatic N) is 1. The zero-order valence-electron chi connectivity index (χ0n) is 7.25. The number of piperazine rings is 1. The van der Waals surface area contributed by atoms with Crippen molar-refractivity contribution in [2.24, 2.45) is 0 Å². The lowest BCUT2D eigenvalue weighted by atomic mass is 10.1. The van der Waals surface area contributed by atoms with Crippen LogP contribution >= 0.6 is 0 Å². The van der Waals surface area contributed by atoms with Crippen LogP contribution in [0.25, 0.3) is 0 Å². The van der Waals surface area contributed by atoms with Gasteiger partial charge in [-0.1, -0.05) is 0 Å². The SMILES string of the molecule is CC1OCC2CNCCN2C1=O. The van der Waals surface area contributed by atoms with E-state index in [0.29, 0.717) is 6.61 Å². The van der Waals surface area contributed by atoms with Gasteiger partial charge in [-0.25, -0.2) is 0 Å². The first-order valence-electron chi connectivity index (χ1n) is 4.42. The van der Waals surface area contributed by atoms with Crippen molar-refractivity contribution in [3.05, 3.63) is 0 Å². The minimum Gasteiger partial charge on any atom is -0.366 e. The third-order valence-corrected chi connectivity index (χ3v) is 2.52. The highest BCUT2D eigenvalue weighted by Crippen LogP contribution is 2.14. The van der Waals surface area contributed by atoms with Crippen LogP contribution in [-0.4, -0.2) is 49.2 Å². The van der Waals surface area contributed by atoms with Crippen LogP contribution in [0.3, 0.4) is 0 Å². The monoisotopic (exact) mass is 170 g/mol. The molecule has 0 aromatic carbocycles. The van der Waals surface area contributed by atoms with Crippen molar-refractivity contribution < 1.29 is 9.53 Å². The average Bonchev–Trinajstić information content (AvgIpc) is 2.12. The van der Waals surface area contributed by atoms with E-state index in [0.717, 1.165) is 19.6 Å². The summed E-state index contributed by atoms with van der Waals surface area (Å²) in [5.74, 6) is 0.146. The summed E-state index contributed by atoms with van der Waals surface area (Å²) in [5.41, 5.74) is 0. The molecule has 2 aliphatic heterocycles. The van der Waals surface area contributed by atoms with Crippen LogP contribution in [0.4, 0.5) is 0 Å². The summed E-state index contributed by atoms with van der Waals surface area (Å²) in [7, 11) is 0. The standard InChI is InChI=1S/C8H14N2O2/c1-6-8(11)10-3-2-9-4-7(10)5-12-6/h6-7,9H,2-5H2,1H3. The van der Waals surface area contributed by atoms with Crippen molar-refractivity contribution >= 4 is 5.91 Å². The first-order chi connectivity index (χ1) is 5.79. The number of amides is 1. The van der Waals surface area contributed by atoms with Gasteiger partial charge in [0.25, 0.3) is 5.91 Å². The molecule has 0 spiro atoms. The van der Waals surface area contributed by atoms with E-state index in [1.807, 2.05) is 11.8 Å². The number of morpholine rings is 1. The number of ether oxygens (including phenoxy) is 1. The molecular weight excluding hydrogens is 156 g/mol. The lowest BCUT2D eigenvalue weighted by Crippen LogP contribution is -2.61. The summed E-state index contributed by atoms with van der Waals surface area (Å²) >= 11 is 0. The highest BCUT2D eigenvalue weighted by Gasteiger charge is 2.34. The van der Waals surface area contributed by atoms with Crippen LogP contribution in [0.15, 0.2) is 0 Å². The van der Waals surface area contributed by atoms with Crippen molar-refractivity contribution in [3.8, 4) is 0 Å². The van der Waals surface area contributed by atoms with E-state index < -0.39 is 0 Å². The van der Waals surface area contributed by atoms with Gasteiger partial charge in [0.2, 0.25) is 0 Å². The van der Waals surface area contributed by atoms with Gasteiger partial charge in [-0.05, 0) is 6.92 Å². The van der Waals surface area contributed by atoms with Crippen molar-refractivity contribution in [1.29, 1.82) is 0 Å². The van der Waals surface area contributed by atoms with E-state index >= 15 is 0 Å². The van der Waals surface area contributed by atoms with Gasteiger partial charge in [0, 0.05) is 19.6 Å². The van der Waals surface area contributed by atoms with Gasteiger partial charge in [0.05, 0.1) is 12.6 Å². The molecular formula is C8H14N2O2. The number of fused-ring (bicyclic) bond motifs is 1. The third-order valence-electron chi connectivity index (χ3n) is 2.52. The fourth-order valence-electron chi connectivity index (χ4n) is 1.76. The second-order valence-corrected chi connectivity index (χ2v) is 3.37. The van der Waals surface area contributed by atoms with Gasteiger partial charge in [-0.2, -0.15) is 0 Å². The predicted molar refractivity (Wildman–Crippen MR) is 43.8 cm³/mol. The molecule has 2 unspecified atom stereocenters. The normalized spacial score (nSPS) is 36.4. The molecule has 1 amide bonds. The highest BCUT2D eigenvalue weighted by molar-refractivity contribution is 5.81. The Morgan fingerprint density at radius 2 is 2.50 bits per heavy atom. The van der Waals surface area contributed by atoms with Crippen LogP contribution in [-0.2, 0) is 9.53 Å². The lowest BCUT2D eigenvalue weighted by molar-refractivity contribution is -0.159. The van der Waals surface area contributed by atoms with Crippen LogP contribution in [0, 0.1) is 0 Å². The van der Waals surface area contributed by atoms with Gasteiger partial charge in [0.1, 0.15) is 6.10 Å². The molecule has 68 valence electrons. The molecule has 2 heterocycles. The summed E-state index contributed by atoms with van der Waals surface area (Å²) in [4.78, 5) is 13.5. The van der Waals surface area contributed by atoms with E-state index in [-0.39, 0.29) is 18.1 Å². The molecule has 2 fully saturated rings. The first kappa shape index (κ1) is 8.01. The topological polar surface area (TPSA) is 41.6 Å². The molecule has 0 aromatic rings. The summed E-state index contributed by atoms with van der Waals surface area (Å²) in [6.45, 7) is 5.12. The smallest absolute Gasteiger partial charge is 0.251 e. The van der Waals surface area contributed by atoms with Crippen LogP contribution in [0.2, 0.25) is 0 Å². The van der Waals surface area contributed by atoms with Crippen molar-refractivity contribution in [3.63, 3.8) is 0 Å². The zero-order chi connectivity index (χ0) is 8.55.